The lowest BCUT2D eigenvalue weighted by Gasteiger charge is -2.17. The molecule has 2 rings (SSSR count). The smallest absolute Gasteiger partial charge is 0.126 e. The van der Waals surface area contributed by atoms with Gasteiger partial charge in [-0.15, -0.1) is 11.3 Å². The van der Waals surface area contributed by atoms with Crippen molar-refractivity contribution >= 4 is 28.6 Å². The highest BCUT2D eigenvalue weighted by Gasteiger charge is 2.12. The summed E-state index contributed by atoms with van der Waals surface area (Å²) in [6.45, 7) is 2.48. The topological polar surface area (TPSA) is 38.0 Å². The van der Waals surface area contributed by atoms with Gasteiger partial charge in [-0.2, -0.15) is 0 Å². The van der Waals surface area contributed by atoms with Gasteiger partial charge in [0, 0.05) is 27.0 Å². The van der Waals surface area contributed by atoms with E-state index in [9.17, 15) is 4.39 Å². The lowest BCUT2D eigenvalue weighted by atomic mass is 10.2. The third-order valence-corrected chi connectivity index (χ3v) is 3.88. The van der Waals surface area contributed by atoms with E-state index >= 15 is 0 Å². The van der Waals surface area contributed by atoms with Gasteiger partial charge in [0.15, 0.2) is 0 Å². The minimum absolute atomic E-state index is 0.0263. The molecule has 1 heterocycles. The van der Waals surface area contributed by atoms with E-state index in [4.69, 9.17) is 17.3 Å². The van der Waals surface area contributed by atoms with Crippen LogP contribution >= 0.6 is 22.9 Å². The number of nitrogens with one attached hydrogen (secondary N) is 1. The second-order valence-electron chi connectivity index (χ2n) is 4.04. The fourth-order valence-corrected chi connectivity index (χ4v) is 2.89. The Morgan fingerprint density at radius 3 is 2.72 bits per heavy atom. The maximum atomic E-state index is 13.2. The average Bonchev–Trinajstić information content (AvgIpc) is 2.71. The number of aryl methyl sites for hydroxylation is 1. The van der Waals surface area contributed by atoms with Crippen LogP contribution in [0, 0.1) is 12.7 Å². The predicted molar refractivity (Wildman–Crippen MR) is 75.9 cm³/mol. The number of nitrogens with two attached hydrogens (primary N) is 1. The lowest BCUT2D eigenvalue weighted by Crippen LogP contribution is -2.19. The number of hydrogen-bond donors (Lipinski definition) is 2. The van der Waals surface area contributed by atoms with Crippen LogP contribution in [0.3, 0.4) is 0 Å². The Balaban J connectivity index is 2.20. The van der Waals surface area contributed by atoms with E-state index < -0.39 is 0 Å². The summed E-state index contributed by atoms with van der Waals surface area (Å²) in [4.78, 5) is 2.36. The molecule has 0 spiro atoms. The largest absolute Gasteiger partial charge is 0.376 e. The monoisotopic (exact) mass is 284 g/mol. The van der Waals surface area contributed by atoms with Crippen LogP contribution in [-0.4, -0.2) is 6.54 Å². The molecule has 96 valence electrons. The van der Waals surface area contributed by atoms with E-state index in [-0.39, 0.29) is 11.9 Å². The molecule has 0 amide bonds. The summed E-state index contributed by atoms with van der Waals surface area (Å²) in [5, 5.41) is 3.57. The molecule has 0 aliphatic carbocycles. The molecule has 2 aromatic rings. The summed E-state index contributed by atoms with van der Waals surface area (Å²) in [7, 11) is 0. The van der Waals surface area contributed by atoms with E-state index in [1.807, 2.05) is 19.1 Å². The summed E-state index contributed by atoms with van der Waals surface area (Å²) in [6, 6.07) is 8.43. The average molecular weight is 285 g/mol. The van der Waals surface area contributed by atoms with Gasteiger partial charge in [0.2, 0.25) is 0 Å². The van der Waals surface area contributed by atoms with Crippen LogP contribution in [0.5, 0.6) is 0 Å². The lowest BCUT2D eigenvalue weighted by molar-refractivity contribution is 0.628. The van der Waals surface area contributed by atoms with Gasteiger partial charge in [-0.25, -0.2) is 4.39 Å². The number of benzene rings is 1. The highest BCUT2D eigenvalue weighted by molar-refractivity contribution is 7.12. The SMILES string of the molecule is Cc1ccc(C(CN)Nc2cc(F)cc(Cl)c2)s1. The normalized spacial score (nSPS) is 12.4. The number of thiophene rings is 1. The molecule has 3 N–H and O–H groups in total. The standard InChI is InChI=1S/C13H14ClFN2S/c1-8-2-3-13(18-8)12(7-16)17-11-5-9(14)4-10(15)6-11/h2-6,12,17H,7,16H2,1H3. The van der Waals surface area contributed by atoms with E-state index in [1.54, 1.807) is 17.4 Å². The molecule has 18 heavy (non-hydrogen) atoms. The Labute approximate surface area is 115 Å². The first-order valence-corrected chi connectivity index (χ1v) is 6.77. The Hall–Kier alpha value is -1.10. The van der Waals surface area contributed by atoms with Gasteiger partial charge in [0.1, 0.15) is 5.82 Å². The summed E-state index contributed by atoms with van der Waals surface area (Å²) >= 11 is 7.50. The second-order valence-corrected chi connectivity index (χ2v) is 5.80. The first-order chi connectivity index (χ1) is 8.58. The molecule has 5 heteroatoms. The maximum absolute atomic E-state index is 13.2. The van der Waals surface area contributed by atoms with Crippen molar-refractivity contribution < 1.29 is 4.39 Å². The molecule has 1 aromatic heterocycles. The molecule has 0 bridgehead atoms. The molecule has 0 aliphatic rings. The minimum Gasteiger partial charge on any atom is -0.376 e. The number of anilines is 1. The Kier molecular flexibility index (Phi) is 4.22. The zero-order valence-corrected chi connectivity index (χ0v) is 11.5. The molecule has 0 fully saturated rings. The Morgan fingerprint density at radius 2 is 2.17 bits per heavy atom. The molecular formula is C13H14ClFN2S. The van der Waals surface area contributed by atoms with E-state index in [0.29, 0.717) is 17.3 Å². The van der Waals surface area contributed by atoms with E-state index in [0.717, 1.165) is 4.88 Å². The van der Waals surface area contributed by atoms with Crippen LogP contribution in [0.25, 0.3) is 0 Å². The van der Waals surface area contributed by atoms with Crippen LogP contribution in [0.2, 0.25) is 5.02 Å². The molecule has 2 nitrogen and oxygen atoms in total. The molecule has 1 unspecified atom stereocenters. The molecule has 0 saturated heterocycles. The second kappa shape index (κ2) is 5.69. The Bertz CT molecular complexity index is 521. The third kappa shape index (κ3) is 3.22. The van der Waals surface area contributed by atoms with Gasteiger partial charge < -0.3 is 11.1 Å². The summed E-state index contributed by atoms with van der Waals surface area (Å²) in [6.07, 6.45) is 0. The predicted octanol–water partition coefficient (Wildman–Crippen LogP) is 3.96. The van der Waals surface area contributed by atoms with Crippen molar-refractivity contribution in [3.8, 4) is 0 Å². The van der Waals surface area contributed by atoms with Crippen molar-refractivity contribution in [3.63, 3.8) is 0 Å². The van der Waals surface area contributed by atoms with Gasteiger partial charge >= 0.3 is 0 Å². The summed E-state index contributed by atoms with van der Waals surface area (Å²) in [5.74, 6) is -0.358. The molecular weight excluding hydrogens is 271 g/mol. The van der Waals surface area contributed by atoms with Gasteiger partial charge in [0.05, 0.1) is 6.04 Å². The van der Waals surface area contributed by atoms with Crippen LogP contribution in [0.4, 0.5) is 10.1 Å². The highest BCUT2D eigenvalue weighted by atomic mass is 35.5. The zero-order chi connectivity index (χ0) is 13.1. The van der Waals surface area contributed by atoms with Crippen molar-refractivity contribution in [1.82, 2.24) is 0 Å². The van der Waals surface area contributed by atoms with E-state index in [2.05, 4.69) is 5.32 Å². The van der Waals surface area contributed by atoms with Crippen molar-refractivity contribution in [3.05, 3.63) is 50.9 Å². The molecule has 1 aromatic carbocycles. The summed E-state index contributed by atoms with van der Waals surface area (Å²) in [5.41, 5.74) is 6.40. The van der Waals surface area contributed by atoms with Gasteiger partial charge in [0.25, 0.3) is 0 Å². The number of hydrogen-bond acceptors (Lipinski definition) is 3. The van der Waals surface area contributed by atoms with Crippen molar-refractivity contribution in [2.24, 2.45) is 5.73 Å². The Morgan fingerprint density at radius 1 is 1.39 bits per heavy atom. The fourth-order valence-electron chi connectivity index (χ4n) is 1.73. The third-order valence-electron chi connectivity index (χ3n) is 2.54. The van der Waals surface area contributed by atoms with Crippen LogP contribution in [0.15, 0.2) is 30.3 Å². The quantitative estimate of drug-likeness (QED) is 0.892. The number of halogens is 2. The molecule has 0 saturated carbocycles. The highest BCUT2D eigenvalue weighted by Crippen LogP contribution is 2.27. The molecule has 0 radical (unpaired) electrons. The number of rotatable bonds is 4. The molecule has 0 aliphatic heterocycles. The molecule has 1 atom stereocenters. The minimum atomic E-state index is -0.358. The van der Waals surface area contributed by atoms with Crippen LogP contribution in [-0.2, 0) is 0 Å². The van der Waals surface area contributed by atoms with Gasteiger partial charge in [-0.05, 0) is 37.3 Å². The maximum Gasteiger partial charge on any atom is 0.126 e. The van der Waals surface area contributed by atoms with Crippen LogP contribution < -0.4 is 11.1 Å². The van der Waals surface area contributed by atoms with Crippen LogP contribution in [0.1, 0.15) is 15.8 Å². The van der Waals surface area contributed by atoms with Crippen molar-refractivity contribution in [2.45, 2.75) is 13.0 Å². The summed E-state index contributed by atoms with van der Waals surface area (Å²) < 4.78 is 13.2. The van der Waals surface area contributed by atoms with E-state index in [1.165, 1.54) is 17.0 Å². The first kappa shape index (κ1) is 13.3. The first-order valence-electron chi connectivity index (χ1n) is 5.57. The van der Waals surface area contributed by atoms with Crippen molar-refractivity contribution in [1.29, 1.82) is 0 Å². The van der Waals surface area contributed by atoms with Gasteiger partial charge in [-0.1, -0.05) is 11.6 Å². The van der Waals surface area contributed by atoms with Crippen molar-refractivity contribution in [2.75, 3.05) is 11.9 Å². The van der Waals surface area contributed by atoms with Gasteiger partial charge in [-0.3, -0.25) is 0 Å². The fraction of sp³-hybridized carbons (Fsp3) is 0.231. The zero-order valence-electron chi connectivity index (χ0n) is 9.91.